The van der Waals surface area contributed by atoms with Crippen LogP contribution >= 0.6 is 0 Å². The minimum Gasteiger partial charge on any atom is -0.367 e. The molecule has 1 aliphatic carbocycles. The second-order valence-electron chi connectivity index (χ2n) is 9.00. The third-order valence-corrected chi connectivity index (χ3v) is 6.67. The van der Waals surface area contributed by atoms with Crippen LogP contribution < -0.4 is 4.90 Å². The molecule has 1 heterocycles. The number of Topliss-reactive ketones (excluding diaryl/α,β-unsaturated/α-hetero) is 1. The Morgan fingerprint density at radius 1 is 0.882 bits per heavy atom. The first-order valence-electron chi connectivity index (χ1n) is 11.4. The summed E-state index contributed by atoms with van der Waals surface area (Å²) in [6, 6.07) is 21.0. The van der Waals surface area contributed by atoms with Crippen LogP contribution in [0.25, 0.3) is 11.3 Å². The number of carbonyl (C=O) groups is 1. The zero-order chi connectivity index (χ0) is 24.0. The van der Waals surface area contributed by atoms with Crippen LogP contribution in [0.3, 0.4) is 0 Å². The molecular weight excluding hydrogens is 437 g/mol. The number of alkyl halides is 3. The van der Waals surface area contributed by atoms with Crippen molar-refractivity contribution in [2.45, 2.75) is 26.1 Å². The molecule has 1 atom stereocenters. The van der Waals surface area contributed by atoms with E-state index in [0.29, 0.717) is 29.8 Å². The molecule has 1 aliphatic heterocycles. The molecule has 0 spiro atoms. The lowest BCUT2D eigenvalue weighted by Gasteiger charge is -2.43. The van der Waals surface area contributed by atoms with Gasteiger partial charge in [0.15, 0.2) is 5.78 Å². The molecule has 34 heavy (non-hydrogen) atoms. The summed E-state index contributed by atoms with van der Waals surface area (Å²) in [6.07, 6.45) is -4.42. The van der Waals surface area contributed by atoms with E-state index in [0.717, 1.165) is 29.9 Å². The number of halogens is 3. The van der Waals surface area contributed by atoms with Gasteiger partial charge in [-0.05, 0) is 49.2 Å². The zero-order valence-corrected chi connectivity index (χ0v) is 19.1. The fraction of sp³-hybridized carbons (Fsp3) is 0.250. The van der Waals surface area contributed by atoms with Crippen LogP contribution in [0.2, 0.25) is 0 Å². The molecule has 0 unspecified atom stereocenters. The summed E-state index contributed by atoms with van der Waals surface area (Å²) < 4.78 is 39.3. The smallest absolute Gasteiger partial charge is 0.367 e. The Kier molecular flexibility index (Phi) is 5.47. The number of hydrogen-bond donors (Lipinski definition) is 0. The lowest BCUT2D eigenvalue weighted by atomic mass is 9.99. The summed E-state index contributed by atoms with van der Waals surface area (Å²) in [4.78, 5) is 18.0. The Bertz CT molecular complexity index is 1280. The van der Waals surface area contributed by atoms with Gasteiger partial charge in [-0.3, -0.25) is 4.79 Å². The molecule has 0 bridgehead atoms. The third kappa shape index (κ3) is 3.87. The van der Waals surface area contributed by atoms with E-state index in [9.17, 15) is 18.0 Å². The van der Waals surface area contributed by atoms with E-state index in [4.69, 9.17) is 0 Å². The molecule has 0 aromatic heterocycles. The summed E-state index contributed by atoms with van der Waals surface area (Å²) in [6.45, 7) is 6.43. The van der Waals surface area contributed by atoms with Crippen molar-refractivity contribution in [3.63, 3.8) is 0 Å². The van der Waals surface area contributed by atoms with Crippen LogP contribution in [0.4, 0.5) is 18.9 Å². The number of allylic oxidation sites excluding steroid dienone is 1. The summed E-state index contributed by atoms with van der Waals surface area (Å²) in [5.41, 5.74) is 4.91. The standard InChI is InChI=1S/C28H25F3N2O/c1-18-6-5-7-22(16-18)33-15-14-32(17-19(33)2)26-23-8-3-4-9-24(23)27(34)25(26)20-10-12-21(13-11-20)28(29,30)31/h3-13,16,19H,14-15,17H2,1-2H3/t19-/m1/s1. The van der Waals surface area contributed by atoms with Crippen molar-refractivity contribution >= 4 is 22.7 Å². The maximum Gasteiger partial charge on any atom is 0.416 e. The fourth-order valence-electron chi connectivity index (χ4n) is 5.04. The minimum absolute atomic E-state index is 0.140. The van der Waals surface area contributed by atoms with E-state index in [1.54, 1.807) is 6.07 Å². The van der Waals surface area contributed by atoms with Crippen LogP contribution in [0.5, 0.6) is 0 Å². The Labute approximate surface area is 197 Å². The van der Waals surface area contributed by atoms with Crippen molar-refractivity contribution in [3.8, 4) is 0 Å². The molecule has 0 radical (unpaired) electrons. The van der Waals surface area contributed by atoms with Crippen molar-refractivity contribution in [2.24, 2.45) is 0 Å². The molecular formula is C28H25F3N2O. The van der Waals surface area contributed by atoms with Gasteiger partial charge in [0.2, 0.25) is 0 Å². The third-order valence-electron chi connectivity index (χ3n) is 6.67. The summed E-state index contributed by atoms with van der Waals surface area (Å²) in [5.74, 6) is -0.140. The predicted octanol–water partition coefficient (Wildman–Crippen LogP) is 6.29. The maximum absolute atomic E-state index is 13.4. The van der Waals surface area contributed by atoms with Crippen LogP contribution in [-0.4, -0.2) is 36.4 Å². The van der Waals surface area contributed by atoms with Gasteiger partial charge in [-0.25, -0.2) is 0 Å². The topological polar surface area (TPSA) is 23.6 Å². The molecule has 0 saturated carbocycles. The largest absolute Gasteiger partial charge is 0.416 e. The van der Waals surface area contributed by atoms with Gasteiger partial charge < -0.3 is 9.80 Å². The van der Waals surface area contributed by atoms with Gasteiger partial charge >= 0.3 is 6.18 Å². The average Bonchev–Trinajstić information content (AvgIpc) is 3.11. The molecule has 3 aromatic carbocycles. The van der Waals surface area contributed by atoms with Crippen LogP contribution in [0.15, 0.2) is 72.8 Å². The highest BCUT2D eigenvalue weighted by Gasteiger charge is 2.37. The molecule has 5 rings (SSSR count). The van der Waals surface area contributed by atoms with E-state index in [1.165, 1.54) is 23.4 Å². The van der Waals surface area contributed by atoms with Crippen molar-refractivity contribution in [2.75, 3.05) is 24.5 Å². The molecule has 0 amide bonds. The number of piperazine rings is 1. The van der Waals surface area contributed by atoms with Gasteiger partial charge in [0, 0.05) is 42.5 Å². The molecule has 0 N–H and O–H groups in total. The van der Waals surface area contributed by atoms with Crippen molar-refractivity contribution in [1.82, 2.24) is 4.90 Å². The Morgan fingerprint density at radius 2 is 1.59 bits per heavy atom. The highest BCUT2D eigenvalue weighted by molar-refractivity contribution is 6.39. The zero-order valence-electron chi connectivity index (χ0n) is 19.1. The predicted molar refractivity (Wildman–Crippen MR) is 129 cm³/mol. The number of carbonyl (C=O) groups excluding carboxylic acids is 1. The SMILES string of the molecule is Cc1cccc(N2CCN(C3=C(c4ccc(C(F)(F)F)cc4)C(=O)c4ccccc43)C[C@H]2C)c1. The second kappa shape index (κ2) is 8.35. The summed E-state index contributed by atoms with van der Waals surface area (Å²) in [5, 5.41) is 0. The molecule has 1 saturated heterocycles. The van der Waals surface area contributed by atoms with Crippen LogP contribution in [0, 0.1) is 6.92 Å². The molecule has 6 heteroatoms. The number of anilines is 1. The molecule has 174 valence electrons. The number of benzene rings is 3. The number of aryl methyl sites for hydroxylation is 1. The summed E-state index contributed by atoms with van der Waals surface area (Å²) in [7, 11) is 0. The van der Waals surface area contributed by atoms with Crippen molar-refractivity contribution in [3.05, 3.63) is 101 Å². The van der Waals surface area contributed by atoms with Gasteiger partial charge in [0.05, 0.1) is 16.8 Å². The van der Waals surface area contributed by atoms with Crippen molar-refractivity contribution in [1.29, 1.82) is 0 Å². The van der Waals surface area contributed by atoms with Crippen LogP contribution in [0.1, 0.15) is 39.5 Å². The Balaban J connectivity index is 1.53. The van der Waals surface area contributed by atoms with Crippen LogP contribution in [-0.2, 0) is 6.18 Å². The number of rotatable bonds is 3. The van der Waals surface area contributed by atoms with E-state index in [1.807, 2.05) is 18.2 Å². The van der Waals surface area contributed by atoms with E-state index in [2.05, 4.69) is 47.9 Å². The Morgan fingerprint density at radius 3 is 2.24 bits per heavy atom. The molecule has 3 aromatic rings. The van der Waals surface area contributed by atoms with Gasteiger partial charge in [0.25, 0.3) is 0 Å². The van der Waals surface area contributed by atoms with Gasteiger partial charge in [-0.1, -0.05) is 48.5 Å². The Hall–Kier alpha value is -3.54. The number of nitrogens with zero attached hydrogens (tertiary/aromatic N) is 2. The van der Waals surface area contributed by atoms with Gasteiger partial charge in [-0.2, -0.15) is 13.2 Å². The molecule has 3 nitrogen and oxygen atoms in total. The average molecular weight is 463 g/mol. The minimum atomic E-state index is -4.42. The van der Waals surface area contributed by atoms with Crippen molar-refractivity contribution < 1.29 is 18.0 Å². The molecule has 2 aliphatic rings. The second-order valence-corrected chi connectivity index (χ2v) is 9.00. The van der Waals surface area contributed by atoms with E-state index in [-0.39, 0.29) is 11.8 Å². The number of hydrogen-bond acceptors (Lipinski definition) is 3. The lowest BCUT2D eigenvalue weighted by Crippen LogP contribution is -2.51. The highest BCUT2D eigenvalue weighted by Crippen LogP contribution is 2.42. The van der Waals surface area contributed by atoms with Gasteiger partial charge in [-0.15, -0.1) is 0 Å². The maximum atomic E-state index is 13.4. The number of fused-ring (bicyclic) bond motifs is 1. The molecule has 1 fully saturated rings. The first-order valence-corrected chi connectivity index (χ1v) is 11.4. The normalized spacial score (nSPS) is 18.5. The lowest BCUT2D eigenvalue weighted by molar-refractivity contribution is -0.137. The quantitative estimate of drug-likeness (QED) is 0.457. The monoisotopic (exact) mass is 462 g/mol. The first-order chi connectivity index (χ1) is 16.2. The van der Waals surface area contributed by atoms with Gasteiger partial charge in [0.1, 0.15) is 0 Å². The van der Waals surface area contributed by atoms with E-state index >= 15 is 0 Å². The fourth-order valence-corrected chi connectivity index (χ4v) is 5.04. The van der Waals surface area contributed by atoms with E-state index < -0.39 is 11.7 Å². The number of ketones is 1. The highest BCUT2D eigenvalue weighted by atomic mass is 19.4. The first kappa shape index (κ1) is 22.3. The summed E-state index contributed by atoms with van der Waals surface area (Å²) >= 11 is 0.